The molecule has 1 amide bonds. The van der Waals surface area contributed by atoms with Crippen molar-refractivity contribution >= 4 is 12.1 Å². The topological polar surface area (TPSA) is 85.3 Å². The van der Waals surface area contributed by atoms with Crippen LogP contribution in [0.4, 0.5) is 4.79 Å². The van der Waals surface area contributed by atoms with Gasteiger partial charge < -0.3 is 19.3 Å². The van der Waals surface area contributed by atoms with Gasteiger partial charge >= 0.3 is 12.1 Å². The van der Waals surface area contributed by atoms with Crippen molar-refractivity contribution in [1.82, 2.24) is 4.90 Å². The molecular weight excluding hydrogens is 422 g/mol. The number of methoxy groups -OCH3 is 1. The van der Waals surface area contributed by atoms with Gasteiger partial charge in [0.25, 0.3) is 0 Å². The first-order valence-corrected chi connectivity index (χ1v) is 11.8. The summed E-state index contributed by atoms with van der Waals surface area (Å²) in [7, 11) is 1.62. The standard InChI is InChI=1S/C26H39NO6/c1-15(2)18-13-20(21-14-19(23(28)32-21)26(6,7)30)27(24(29)33-25(3,4)5)22(18)16-9-11-17(31-8)12-10-16/h9-12,15,18-22,30H,13-14H2,1-8H3/t18-,19+,20-,21-,22-/m0/s1. The number of benzene rings is 1. The molecular formula is C26H39NO6. The Bertz CT molecular complexity index is 851. The van der Waals surface area contributed by atoms with E-state index in [0.717, 1.165) is 11.3 Å². The summed E-state index contributed by atoms with van der Waals surface area (Å²) in [5.74, 6) is 0.145. The van der Waals surface area contributed by atoms with Crippen LogP contribution in [0.1, 0.15) is 72.9 Å². The summed E-state index contributed by atoms with van der Waals surface area (Å²) in [5, 5.41) is 10.5. The molecule has 0 unspecified atom stereocenters. The minimum Gasteiger partial charge on any atom is -0.497 e. The first-order chi connectivity index (χ1) is 15.2. The third-order valence-electron chi connectivity index (χ3n) is 6.80. The Hall–Kier alpha value is -2.28. The predicted octanol–water partition coefficient (Wildman–Crippen LogP) is 4.72. The van der Waals surface area contributed by atoms with E-state index in [1.165, 1.54) is 0 Å². The number of esters is 1. The highest BCUT2D eigenvalue weighted by Crippen LogP contribution is 2.49. The number of hydrogen-bond donors (Lipinski definition) is 1. The molecule has 1 aromatic carbocycles. The lowest BCUT2D eigenvalue weighted by molar-refractivity contribution is -0.150. The fraction of sp³-hybridized carbons (Fsp3) is 0.692. The fourth-order valence-corrected chi connectivity index (χ4v) is 5.09. The number of amides is 1. The third-order valence-corrected chi connectivity index (χ3v) is 6.80. The van der Waals surface area contributed by atoms with Gasteiger partial charge in [-0.05, 0) is 70.6 Å². The summed E-state index contributed by atoms with van der Waals surface area (Å²) < 4.78 is 16.9. The van der Waals surface area contributed by atoms with Crippen molar-refractivity contribution in [3.05, 3.63) is 29.8 Å². The molecule has 1 N–H and O–H groups in total. The summed E-state index contributed by atoms with van der Waals surface area (Å²) in [6.45, 7) is 13.1. The zero-order valence-electron chi connectivity index (χ0n) is 21.1. The van der Waals surface area contributed by atoms with Gasteiger partial charge in [0, 0.05) is 6.42 Å². The van der Waals surface area contributed by atoms with E-state index >= 15 is 0 Å². The maximum Gasteiger partial charge on any atom is 0.411 e. The van der Waals surface area contributed by atoms with Gasteiger partial charge in [-0.15, -0.1) is 0 Å². The molecule has 7 heteroatoms. The Kier molecular flexibility index (Phi) is 7.04. The number of nitrogens with zero attached hydrogens (tertiary/aromatic N) is 1. The van der Waals surface area contributed by atoms with Gasteiger partial charge in [0.2, 0.25) is 0 Å². The molecule has 2 aliphatic heterocycles. The molecule has 0 radical (unpaired) electrons. The average molecular weight is 462 g/mol. The van der Waals surface area contributed by atoms with Crippen LogP contribution in [0.15, 0.2) is 24.3 Å². The second-order valence-electron chi connectivity index (χ2n) is 11.2. The van der Waals surface area contributed by atoms with E-state index < -0.39 is 35.3 Å². The Morgan fingerprint density at radius 1 is 1.12 bits per heavy atom. The first-order valence-electron chi connectivity index (χ1n) is 11.8. The fourth-order valence-electron chi connectivity index (χ4n) is 5.09. The summed E-state index contributed by atoms with van der Waals surface area (Å²) >= 11 is 0. The van der Waals surface area contributed by atoms with Gasteiger partial charge in [0.05, 0.1) is 30.7 Å². The lowest BCUT2D eigenvalue weighted by atomic mass is 9.83. The van der Waals surface area contributed by atoms with E-state index in [-0.39, 0.29) is 23.9 Å². The van der Waals surface area contributed by atoms with Crippen molar-refractivity contribution in [2.45, 2.75) is 90.7 Å². The van der Waals surface area contributed by atoms with Crippen molar-refractivity contribution in [2.75, 3.05) is 7.11 Å². The maximum atomic E-state index is 13.6. The minimum absolute atomic E-state index is 0.149. The van der Waals surface area contributed by atoms with E-state index in [0.29, 0.717) is 12.8 Å². The van der Waals surface area contributed by atoms with Crippen LogP contribution in [0.3, 0.4) is 0 Å². The summed E-state index contributed by atoms with van der Waals surface area (Å²) in [6, 6.07) is 7.20. The normalized spacial score (nSPS) is 28.2. The summed E-state index contributed by atoms with van der Waals surface area (Å²) in [5.41, 5.74) is -0.857. The van der Waals surface area contributed by atoms with Crippen molar-refractivity contribution in [1.29, 1.82) is 0 Å². The highest BCUT2D eigenvalue weighted by atomic mass is 16.6. The summed E-state index contributed by atoms with van der Waals surface area (Å²) in [6.07, 6.45) is 0.140. The molecule has 0 saturated carbocycles. The van der Waals surface area contributed by atoms with Gasteiger partial charge in [-0.2, -0.15) is 0 Å². The predicted molar refractivity (Wildman–Crippen MR) is 125 cm³/mol. The number of likely N-dealkylation sites (tertiary alicyclic amines) is 1. The van der Waals surface area contributed by atoms with Gasteiger partial charge in [-0.25, -0.2) is 4.79 Å². The SMILES string of the molecule is COc1ccc([C@H]2[C@H](C(C)C)C[C@@H]([C@@H]3C[C@@H](C(C)(C)O)C(=O)O3)N2C(=O)OC(C)(C)C)cc1. The second kappa shape index (κ2) is 9.16. The Morgan fingerprint density at radius 2 is 1.73 bits per heavy atom. The molecule has 0 aliphatic carbocycles. The average Bonchev–Trinajstić information content (AvgIpc) is 3.27. The quantitative estimate of drug-likeness (QED) is 0.639. The number of hydrogen-bond acceptors (Lipinski definition) is 6. The number of aliphatic hydroxyl groups is 1. The second-order valence-corrected chi connectivity index (χ2v) is 11.2. The molecule has 184 valence electrons. The van der Waals surface area contributed by atoms with Gasteiger partial charge in [-0.1, -0.05) is 26.0 Å². The lowest BCUT2D eigenvalue weighted by Gasteiger charge is -2.36. The van der Waals surface area contributed by atoms with E-state index in [9.17, 15) is 14.7 Å². The molecule has 0 bridgehead atoms. The van der Waals surface area contributed by atoms with Crippen molar-refractivity contribution in [2.24, 2.45) is 17.8 Å². The van der Waals surface area contributed by atoms with Gasteiger partial charge in [0.1, 0.15) is 17.5 Å². The van der Waals surface area contributed by atoms with Crippen LogP contribution < -0.4 is 4.74 Å². The van der Waals surface area contributed by atoms with Crippen molar-refractivity contribution < 1.29 is 28.9 Å². The molecule has 7 nitrogen and oxygen atoms in total. The van der Waals surface area contributed by atoms with Gasteiger partial charge in [-0.3, -0.25) is 9.69 Å². The van der Waals surface area contributed by atoms with E-state index in [1.54, 1.807) is 25.9 Å². The van der Waals surface area contributed by atoms with E-state index in [1.807, 2.05) is 45.0 Å². The van der Waals surface area contributed by atoms with Crippen LogP contribution in [-0.2, 0) is 14.3 Å². The lowest BCUT2D eigenvalue weighted by Crippen LogP contribution is -2.46. The molecule has 5 atom stereocenters. The van der Waals surface area contributed by atoms with Crippen molar-refractivity contribution in [3.63, 3.8) is 0 Å². The van der Waals surface area contributed by atoms with Crippen LogP contribution in [0, 0.1) is 17.8 Å². The highest BCUT2D eigenvalue weighted by molar-refractivity contribution is 5.76. The molecule has 0 aromatic heterocycles. The van der Waals surface area contributed by atoms with Crippen LogP contribution in [0.25, 0.3) is 0 Å². The minimum atomic E-state index is -1.19. The van der Waals surface area contributed by atoms with Gasteiger partial charge in [0.15, 0.2) is 0 Å². The van der Waals surface area contributed by atoms with Crippen LogP contribution in [-0.4, -0.2) is 52.5 Å². The van der Waals surface area contributed by atoms with Crippen molar-refractivity contribution in [3.8, 4) is 5.75 Å². The molecule has 2 saturated heterocycles. The smallest absolute Gasteiger partial charge is 0.411 e. The van der Waals surface area contributed by atoms with Crippen LogP contribution in [0.5, 0.6) is 5.75 Å². The number of carbonyl (C=O) groups excluding carboxylic acids is 2. The summed E-state index contributed by atoms with van der Waals surface area (Å²) in [4.78, 5) is 27.9. The molecule has 33 heavy (non-hydrogen) atoms. The highest BCUT2D eigenvalue weighted by Gasteiger charge is 2.54. The number of ether oxygens (including phenoxy) is 3. The largest absolute Gasteiger partial charge is 0.497 e. The number of rotatable bonds is 5. The van der Waals surface area contributed by atoms with Crippen LogP contribution >= 0.6 is 0 Å². The molecule has 2 fully saturated rings. The van der Waals surface area contributed by atoms with E-state index in [2.05, 4.69) is 13.8 Å². The first kappa shape index (κ1) is 25.3. The maximum absolute atomic E-state index is 13.6. The zero-order valence-corrected chi connectivity index (χ0v) is 21.1. The molecule has 2 aliphatic rings. The van der Waals surface area contributed by atoms with E-state index in [4.69, 9.17) is 14.2 Å². The monoisotopic (exact) mass is 461 g/mol. The molecule has 3 rings (SSSR count). The molecule has 2 heterocycles. The molecule has 0 spiro atoms. The Balaban J connectivity index is 2.02. The Morgan fingerprint density at radius 3 is 2.18 bits per heavy atom. The Labute approximate surface area is 197 Å². The molecule has 1 aromatic rings. The van der Waals surface area contributed by atoms with Crippen LogP contribution in [0.2, 0.25) is 0 Å². The zero-order chi connectivity index (χ0) is 24.7. The number of carbonyl (C=O) groups is 2. The number of cyclic esters (lactones) is 1. The third kappa shape index (κ3) is 5.45.